The summed E-state index contributed by atoms with van der Waals surface area (Å²) in [6.45, 7) is 3.83. The number of rotatable bonds is 4. The number of hydrogen-bond acceptors (Lipinski definition) is 6. The van der Waals surface area contributed by atoms with E-state index in [2.05, 4.69) is 5.48 Å². The lowest BCUT2D eigenvalue weighted by atomic mass is 10.0. The molecular formula is C21H20N2O5. The number of amides is 2. The summed E-state index contributed by atoms with van der Waals surface area (Å²) in [6, 6.07) is 10.8. The molecule has 2 aliphatic rings. The molecule has 0 aliphatic carbocycles. The van der Waals surface area contributed by atoms with Crippen LogP contribution in [0.5, 0.6) is 11.5 Å². The molecule has 0 spiro atoms. The van der Waals surface area contributed by atoms with Gasteiger partial charge in [0, 0.05) is 5.56 Å². The summed E-state index contributed by atoms with van der Waals surface area (Å²) >= 11 is 0. The standard InChI is InChI=1S/C21H20N2O5/c1-11-6-5-7-14(12(11)2)23-20(24)17-18(22-28-19(17)21(23)25)13-8-9-15(26-3)16(10-13)27-4/h5-10,19,22H,1-4H3/t19-/m1/s1. The number of nitrogens with one attached hydrogen (secondary N) is 1. The summed E-state index contributed by atoms with van der Waals surface area (Å²) in [5.41, 5.74) is 6.61. The van der Waals surface area contributed by atoms with Crippen molar-refractivity contribution in [1.29, 1.82) is 0 Å². The lowest BCUT2D eigenvalue weighted by Gasteiger charge is -2.19. The lowest BCUT2D eigenvalue weighted by molar-refractivity contribution is -0.127. The summed E-state index contributed by atoms with van der Waals surface area (Å²) < 4.78 is 10.6. The van der Waals surface area contributed by atoms with Crippen molar-refractivity contribution in [3.8, 4) is 11.5 Å². The maximum Gasteiger partial charge on any atom is 0.270 e. The Hall–Kier alpha value is -3.32. The van der Waals surface area contributed by atoms with E-state index in [0.29, 0.717) is 28.4 Å². The monoisotopic (exact) mass is 380 g/mol. The van der Waals surface area contributed by atoms with Crippen LogP contribution in [0, 0.1) is 13.8 Å². The van der Waals surface area contributed by atoms with Crippen molar-refractivity contribution in [3.05, 3.63) is 58.7 Å². The van der Waals surface area contributed by atoms with Crippen molar-refractivity contribution in [2.45, 2.75) is 20.0 Å². The summed E-state index contributed by atoms with van der Waals surface area (Å²) in [5, 5.41) is 0. The van der Waals surface area contributed by atoms with Gasteiger partial charge in [0.1, 0.15) is 0 Å². The highest BCUT2D eigenvalue weighted by molar-refractivity contribution is 6.33. The predicted molar refractivity (Wildman–Crippen MR) is 103 cm³/mol. The van der Waals surface area contributed by atoms with Gasteiger partial charge in [0.25, 0.3) is 11.8 Å². The fourth-order valence-corrected chi connectivity index (χ4v) is 3.51. The van der Waals surface area contributed by atoms with Gasteiger partial charge < -0.3 is 9.47 Å². The van der Waals surface area contributed by atoms with Crippen LogP contribution in [0.1, 0.15) is 16.7 Å². The Morgan fingerprint density at radius 1 is 1.04 bits per heavy atom. The zero-order chi connectivity index (χ0) is 20.0. The highest BCUT2D eigenvalue weighted by Crippen LogP contribution is 2.39. The molecule has 0 bridgehead atoms. The fourth-order valence-electron chi connectivity index (χ4n) is 3.51. The third kappa shape index (κ3) is 2.55. The van der Waals surface area contributed by atoms with E-state index in [1.807, 2.05) is 26.0 Å². The van der Waals surface area contributed by atoms with Gasteiger partial charge in [-0.3, -0.25) is 19.9 Å². The van der Waals surface area contributed by atoms with E-state index in [1.54, 1.807) is 31.4 Å². The Morgan fingerprint density at radius 2 is 1.79 bits per heavy atom. The molecule has 2 aromatic carbocycles. The Kier molecular flexibility index (Phi) is 4.31. The lowest BCUT2D eigenvalue weighted by Crippen LogP contribution is -2.35. The largest absolute Gasteiger partial charge is 0.493 e. The molecule has 144 valence electrons. The summed E-state index contributed by atoms with van der Waals surface area (Å²) in [6.07, 6.45) is -0.976. The number of carbonyl (C=O) groups excluding carboxylic acids is 2. The van der Waals surface area contributed by atoms with E-state index in [9.17, 15) is 9.59 Å². The molecule has 4 rings (SSSR count). The smallest absolute Gasteiger partial charge is 0.270 e. The van der Waals surface area contributed by atoms with Crippen LogP contribution in [0.3, 0.4) is 0 Å². The van der Waals surface area contributed by atoms with Gasteiger partial charge in [-0.25, -0.2) is 4.90 Å². The van der Waals surface area contributed by atoms with Crippen molar-refractivity contribution in [1.82, 2.24) is 5.48 Å². The normalized spacial score (nSPS) is 18.4. The Bertz CT molecular complexity index is 1030. The first-order valence-electron chi connectivity index (χ1n) is 8.80. The molecular weight excluding hydrogens is 360 g/mol. The predicted octanol–water partition coefficient (Wildman–Crippen LogP) is 2.51. The number of fused-ring (bicyclic) bond motifs is 1. The molecule has 1 saturated heterocycles. The number of aryl methyl sites for hydroxylation is 1. The molecule has 7 nitrogen and oxygen atoms in total. The van der Waals surface area contributed by atoms with Crippen molar-refractivity contribution in [3.63, 3.8) is 0 Å². The SMILES string of the molecule is COc1ccc(C2=C3C(=O)N(c4cccc(C)c4C)C(=O)[C@@H]3ON2)cc1OC. The minimum absolute atomic E-state index is 0.290. The molecule has 0 radical (unpaired) electrons. The minimum atomic E-state index is -0.976. The summed E-state index contributed by atoms with van der Waals surface area (Å²) in [7, 11) is 3.08. The van der Waals surface area contributed by atoms with Crippen molar-refractivity contribution in [2.75, 3.05) is 19.1 Å². The van der Waals surface area contributed by atoms with Crippen molar-refractivity contribution in [2.24, 2.45) is 0 Å². The first-order valence-corrected chi connectivity index (χ1v) is 8.80. The zero-order valence-electron chi connectivity index (χ0n) is 16.0. The van der Waals surface area contributed by atoms with Crippen LogP contribution in [-0.4, -0.2) is 32.1 Å². The molecule has 2 aliphatic heterocycles. The molecule has 2 heterocycles. The van der Waals surface area contributed by atoms with Gasteiger partial charge in [-0.2, -0.15) is 0 Å². The van der Waals surface area contributed by atoms with E-state index >= 15 is 0 Å². The van der Waals surface area contributed by atoms with Crippen LogP contribution in [0.15, 0.2) is 42.0 Å². The third-order valence-corrected chi connectivity index (χ3v) is 5.18. The molecule has 7 heteroatoms. The average Bonchev–Trinajstić information content (AvgIpc) is 3.24. The summed E-state index contributed by atoms with van der Waals surface area (Å²) in [5.74, 6) is 0.287. The fraction of sp³-hybridized carbons (Fsp3) is 0.238. The molecule has 0 unspecified atom stereocenters. The van der Waals surface area contributed by atoms with Gasteiger partial charge in [0.05, 0.1) is 31.2 Å². The second-order valence-electron chi connectivity index (χ2n) is 6.66. The second-order valence-corrected chi connectivity index (χ2v) is 6.66. The number of carbonyl (C=O) groups is 2. The number of methoxy groups -OCH3 is 2. The highest BCUT2D eigenvalue weighted by Gasteiger charge is 2.51. The average molecular weight is 380 g/mol. The van der Waals surface area contributed by atoms with E-state index < -0.39 is 17.9 Å². The van der Waals surface area contributed by atoms with Crippen LogP contribution in [0.2, 0.25) is 0 Å². The number of hydroxylamine groups is 1. The Morgan fingerprint density at radius 3 is 2.50 bits per heavy atom. The number of ether oxygens (including phenoxy) is 2. The van der Waals surface area contributed by atoms with Gasteiger partial charge in [-0.15, -0.1) is 0 Å². The summed E-state index contributed by atoms with van der Waals surface area (Å²) in [4.78, 5) is 32.8. The minimum Gasteiger partial charge on any atom is -0.493 e. The molecule has 28 heavy (non-hydrogen) atoms. The molecule has 0 aromatic heterocycles. The molecule has 0 saturated carbocycles. The zero-order valence-corrected chi connectivity index (χ0v) is 16.0. The van der Waals surface area contributed by atoms with E-state index in [-0.39, 0.29) is 5.57 Å². The van der Waals surface area contributed by atoms with Gasteiger partial charge >= 0.3 is 0 Å². The van der Waals surface area contributed by atoms with Crippen LogP contribution in [0.4, 0.5) is 5.69 Å². The highest BCUT2D eigenvalue weighted by atomic mass is 16.7. The molecule has 1 fully saturated rings. The van der Waals surface area contributed by atoms with Gasteiger partial charge in [0.15, 0.2) is 17.6 Å². The quantitative estimate of drug-likeness (QED) is 0.822. The number of nitrogens with zero attached hydrogens (tertiary/aromatic N) is 1. The number of benzene rings is 2. The van der Waals surface area contributed by atoms with E-state index in [0.717, 1.165) is 11.1 Å². The second kappa shape index (κ2) is 6.69. The maximum atomic E-state index is 13.2. The van der Waals surface area contributed by atoms with E-state index in [1.165, 1.54) is 12.0 Å². The molecule has 1 atom stereocenters. The van der Waals surface area contributed by atoms with Crippen LogP contribution in [-0.2, 0) is 14.4 Å². The third-order valence-electron chi connectivity index (χ3n) is 5.18. The number of hydrogen-bond donors (Lipinski definition) is 1. The number of anilines is 1. The first kappa shape index (κ1) is 18.1. The Labute approximate surface area is 162 Å². The first-order chi connectivity index (χ1) is 13.5. The van der Waals surface area contributed by atoms with Crippen LogP contribution >= 0.6 is 0 Å². The Balaban J connectivity index is 1.81. The molecule has 2 amide bonds. The van der Waals surface area contributed by atoms with Gasteiger partial charge in [0.2, 0.25) is 0 Å². The number of imide groups is 1. The van der Waals surface area contributed by atoms with Crippen molar-refractivity contribution < 1.29 is 23.9 Å². The van der Waals surface area contributed by atoms with E-state index in [4.69, 9.17) is 14.3 Å². The van der Waals surface area contributed by atoms with Crippen LogP contribution in [0.25, 0.3) is 5.70 Å². The van der Waals surface area contributed by atoms with Crippen LogP contribution < -0.4 is 19.9 Å². The van der Waals surface area contributed by atoms with Gasteiger partial charge in [-0.05, 0) is 49.2 Å². The molecule has 2 aromatic rings. The molecule has 1 N–H and O–H groups in total. The van der Waals surface area contributed by atoms with Crippen molar-refractivity contribution >= 4 is 23.2 Å². The van der Waals surface area contributed by atoms with Gasteiger partial charge in [-0.1, -0.05) is 12.1 Å². The topological polar surface area (TPSA) is 77.1 Å². The maximum absolute atomic E-state index is 13.2.